The zero-order valence-corrected chi connectivity index (χ0v) is 13.3. The van der Waals surface area contributed by atoms with Crippen LogP contribution in [0.4, 0.5) is 5.82 Å². The summed E-state index contributed by atoms with van der Waals surface area (Å²) in [5.41, 5.74) is 0. The van der Waals surface area contributed by atoms with Gasteiger partial charge in [-0.15, -0.1) is 0 Å². The molecule has 1 N–H and O–H groups in total. The van der Waals surface area contributed by atoms with E-state index in [1.165, 1.54) is 0 Å². The third-order valence-corrected chi connectivity index (χ3v) is 3.92. The number of aromatic nitrogens is 1. The van der Waals surface area contributed by atoms with Gasteiger partial charge in [-0.3, -0.25) is 9.59 Å². The van der Waals surface area contributed by atoms with Crippen LogP contribution in [0, 0.1) is 0 Å². The maximum Gasteiger partial charge on any atom is 0.303 e. The molecule has 0 bridgehead atoms. The van der Waals surface area contributed by atoms with Crippen molar-refractivity contribution in [1.82, 2.24) is 9.88 Å². The van der Waals surface area contributed by atoms with Crippen LogP contribution in [0.2, 0.25) is 0 Å². The molecule has 2 rings (SSSR count). The van der Waals surface area contributed by atoms with Gasteiger partial charge in [0.15, 0.2) is 0 Å². The van der Waals surface area contributed by atoms with Crippen molar-refractivity contribution in [1.29, 1.82) is 0 Å². The quantitative estimate of drug-likeness (QED) is 0.870. The first-order chi connectivity index (χ1) is 10.1. The predicted molar refractivity (Wildman–Crippen MR) is 82.2 cm³/mol. The maximum absolute atomic E-state index is 12.0. The summed E-state index contributed by atoms with van der Waals surface area (Å²) in [4.78, 5) is 30.7. The lowest BCUT2D eigenvalue weighted by Crippen LogP contribution is -2.49. The number of hydrogen-bond acceptors (Lipinski definition) is 4. The molecule has 0 unspecified atom stereocenters. The highest BCUT2D eigenvalue weighted by Crippen LogP contribution is 2.17. The normalized spacial score (nSPS) is 15.1. The first-order valence-electron chi connectivity index (χ1n) is 6.92. The number of carbonyl (C=O) groups is 2. The average molecular weight is 356 g/mol. The number of hydrogen-bond donors (Lipinski definition) is 1. The van der Waals surface area contributed by atoms with E-state index >= 15 is 0 Å². The summed E-state index contributed by atoms with van der Waals surface area (Å²) in [5, 5.41) is 8.58. The molecule has 0 saturated carbocycles. The average Bonchev–Trinajstić information content (AvgIpc) is 2.48. The lowest BCUT2D eigenvalue weighted by Gasteiger charge is -2.35. The molecule has 0 aromatic carbocycles. The molecule has 0 aliphatic carbocycles. The Kier molecular flexibility index (Phi) is 5.55. The van der Waals surface area contributed by atoms with E-state index in [-0.39, 0.29) is 12.3 Å². The van der Waals surface area contributed by atoms with E-state index < -0.39 is 5.97 Å². The number of rotatable bonds is 5. The molecule has 21 heavy (non-hydrogen) atoms. The Labute approximate surface area is 131 Å². The number of piperazine rings is 1. The lowest BCUT2D eigenvalue weighted by molar-refractivity contribution is -0.137. The highest BCUT2D eigenvalue weighted by Gasteiger charge is 2.21. The second-order valence-corrected chi connectivity index (χ2v) is 5.87. The van der Waals surface area contributed by atoms with Crippen LogP contribution in [-0.4, -0.2) is 53.0 Å². The summed E-state index contributed by atoms with van der Waals surface area (Å²) < 4.78 is 0.943. The summed E-state index contributed by atoms with van der Waals surface area (Å²) in [6.45, 7) is 2.81. The number of pyridine rings is 1. The second-order valence-electron chi connectivity index (χ2n) is 4.95. The highest BCUT2D eigenvalue weighted by molar-refractivity contribution is 9.10. The lowest BCUT2D eigenvalue weighted by atomic mass is 10.2. The van der Waals surface area contributed by atoms with Crippen LogP contribution in [-0.2, 0) is 9.59 Å². The molecule has 1 aromatic heterocycles. The molecule has 1 aromatic rings. The Morgan fingerprint density at radius 3 is 2.48 bits per heavy atom. The largest absolute Gasteiger partial charge is 0.481 e. The van der Waals surface area contributed by atoms with Gasteiger partial charge in [0.2, 0.25) is 5.91 Å². The number of nitrogens with zero attached hydrogens (tertiary/aromatic N) is 3. The van der Waals surface area contributed by atoms with Crippen LogP contribution in [0.15, 0.2) is 22.8 Å². The van der Waals surface area contributed by atoms with E-state index in [9.17, 15) is 9.59 Å². The van der Waals surface area contributed by atoms with Gasteiger partial charge in [-0.05, 0) is 34.5 Å². The van der Waals surface area contributed by atoms with Crippen LogP contribution >= 0.6 is 15.9 Å². The maximum atomic E-state index is 12.0. The Balaban J connectivity index is 1.78. The van der Waals surface area contributed by atoms with Gasteiger partial charge in [0.05, 0.1) is 0 Å². The molecule has 1 aliphatic heterocycles. The van der Waals surface area contributed by atoms with Crippen LogP contribution in [0.5, 0.6) is 0 Å². The molecule has 0 radical (unpaired) electrons. The van der Waals surface area contributed by atoms with E-state index in [4.69, 9.17) is 5.11 Å². The number of aliphatic carboxylic acids is 1. The number of carbonyl (C=O) groups excluding carboxylic acids is 1. The minimum Gasteiger partial charge on any atom is -0.481 e. The van der Waals surface area contributed by atoms with Gasteiger partial charge in [-0.25, -0.2) is 4.98 Å². The molecule has 0 atom stereocenters. The molecule has 1 saturated heterocycles. The number of carboxylic acid groups (broad SMARTS) is 1. The number of halogens is 1. The third-order valence-electron chi connectivity index (χ3n) is 3.45. The minimum absolute atomic E-state index is 0.0414. The Hall–Kier alpha value is -1.63. The fourth-order valence-corrected chi connectivity index (χ4v) is 2.52. The van der Waals surface area contributed by atoms with Gasteiger partial charge in [0.25, 0.3) is 0 Å². The molecule has 2 heterocycles. The molecule has 6 nitrogen and oxygen atoms in total. The van der Waals surface area contributed by atoms with E-state index in [1.807, 2.05) is 12.1 Å². The summed E-state index contributed by atoms with van der Waals surface area (Å²) in [7, 11) is 0. The van der Waals surface area contributed by atoms with E-state index in [1.54, 1.807) is 11.1 Å². The predicted octanol–water partition coefficient (Wildman–Crippen LogP) is 1.75. The van der Waals surface area contributed by atoms with Crippen molar-refractivity contribution >= 4 is 33.6 Å². The zero-order chi connectivity index (χ0) is 15.2. The summed E-state index contributed by atoms with van der Waals surface area (Å²) >= 11 is 3.36. The Morgan fingerprint density at radius 1 is 1.19 bits per heavy atom. The van der Waals surface area contributed by atoms with E-state index in [2.05, 4.69) is 25.8 Å². The van der Waals surface area contributed by atoms with Crippen LogP contribution in [0.25, 0.3) is 0 Å². The molecule has 7 heteroatoms. The van der Waals surface area contributed by atoms with Crippen molar-refractivity contribution in [3.63, 3.8) is 0 Å². The second kappa shape index (κ2) is 7.40. The Morgan fingerprint density at radius 2 is 1.90 bits per heavy atom. The standard InChI is InChI=1S/C14H18BrN3O3/c15-11-4-5-12(16-10-11)17-6-8-18(9-7-17)13(19)2-1-3-14(20)21/h4-5,10H,1-3,6-9H2,(H,20,21). The van der Waals surface area contributed by atoms with Crippen molar-refractivity contribution in [2.45, 2.75) is 19.3 Å². The molecule has 1 aliphatic rings. The van der Waals surface area contributed by atoms with Crippen LogP contribution in [0.1, 0.15) is 19.3 Å². The van der Waals surface area contributed by atoms with Crippen molar-refractivity contribution < 1.29 is 14.7 Å². The van der Waals surface area contributed by atoms with Crippen LogP contribution < -0.4 is 4.90 Å². The van der Waals surface area contributed by atoms with E-state index in [0.717, 1.165) is 23.4 Å². The molecule has 114 valence electrons. The van der Waals surface area contributed by atoms with Gasteiger partial charge in [0, 0.05) is 49.7 Å². The van der Waals surface area contributed by atoms with Gasteiger partial charge < -0.3 is 14.9 Å². The molecular formula is C14H18BrN3O3. The van der Waals surface area contributed by atoms with Gasteiger partial charge >= 0.3 is 5.97 Å². The summed E-state index contributed by atoms with van der Waals surface area (Å²) in [6.07, 6.45) is 2.53. The van der Waals surface area contributed by atoms with Crippen molar-refractivity contribution in [2.75, 3.05) is 31.1 Å². The molecule has 1 amide bonds. The SMILES string of the molecule is O=C(O)CCCC(=O)N1CCN(c2ccc(Br)cn2)CC1. The smallest absolute Gasteiger partial charge is 0.303 e. The zero-order valence-electron chi connectivity index (χ0n) is 11.7. The molecule has 0 spiro atoms. The van der Waals surface area contributed by atoms with Gasteiger partial charge in [0.1, 0.15) is 5.82 Å². The number of carboxylic acids is 1. The molecule has 1 fully saturated rings. The first-order valence-corrected chi connectivity index (χ1v) is 7.71. The number of anilines is 1. The van der Waals surface area contributed by atoms with Gasteiger partial charge in [-0.1, -0.05) is 0 Å². The summed E-state index contributed by atoms with van der Waals surface area (Å²) in [6, 6.07) is 3.90. The van der Waals surface area contributed by atoms with E-state index in [0.29, 0.717) is 25.9 Å². The van der Waals surface area contributed by atoms with Crippen molar-refractivity contribution in [2.24, 2.45) is 0 Å². The minimum atomic E-state index is -0.853. The third kappa shape index (κ3) is 4.70. The van der Waals surface area contributed by atoms with Crippen molar-refractivity contribution in [3.05, 3.63) is 22.8 Å². The highest BCUT2D eigenvalue weighted by atomic mass is 79.9. The molecular weight excluding hydrogens is 338 g/mol. The summed E-state index contributed by atoms with van der Waals surface area (Å²) in [5.74, 6) is 0.102. The first kappa shape index (κ1) is 15.8. The monoisotopic (exact) mass is 355 g/mol. The van der Waals surface area contributed by atoms with Crippen molar-refractivity contribution in [3.8, 4) is 0 Å². The topological polar surface area (TPSA) is 73.7 Å². The fraction of sp³-hybridized carbons (Fsp3) is 0.500. The number of amides is 1. The van der Waals surface area contributed by atoms with Gasteiger partial charge in [-0.2, -0.15) is 0 Å². The van der Waals surface area contributed by atoms with Crippen LogP contribution in [0.3, 0.4) is 0 Å². The fourth-order valence-electron chi connectivity index (χ4n) is 2.29. The Bertz CT molecular complexity index is 499.